The highest BCUT2D eigenvalue weighted by atomic mass is 16.4. The summed E-state index contributed by atoms with van der Waals surface area (Å²) in [5, 5.41) is 19.3. The number of hydrogen-bond acceptors (Lipinski definition) is 2. The topological polar surface area (TPSA) is 74.6 Å². The number of aryl methyl sites for hydroxylation is 1. The van der Waals surface area contributed by atoms with Crippen molar-refractivity contribution in [3.05, 3.63) is 34.4 Å². The van der Waals surface area contributed by atoms with Crippen LogP contribution in [-0.2, 0) is 12.8 Å². The second kappa shape index (κ2) is 16.7. The average molecular weight is 447 g/mol. The van der Waals surface area contributed by atoms with Gasteiger partial charge < -0.3 is 10.2 Å². The van der Waals surface area contributed by atoms with E-state index in [1.807, 2.05) is 6.07 Å². The predicted octanol–water partition coefficient (Wildman–Crippen LogP) is 8.31. The van der Waals surface area contributed by atoms with Crippen LogP contribution in [0.3, 0.4) is 0 Å². The Hall–Kier alpha value is -1.84. The molecule has 4 heteroatoms. The second-order valence-electron chi connectivity index (χ2n) is 9.66. The van der Waals surface area contributed by atoms with Crippen LogP contribution in [0.15, 0.2) is 12.1 Å². The number of carbonyl (C=O) groups is 2. The van der Waals surface area contributed by atoms with Gasteiger partial charge in [-0.25, -0.2) is 9.59 Å². The lowest BCUT2D eigenvalue weighted by atomic mass is 9.89. The molecule has 0 saturated carbocycles. The molecule has 0 aromatic heterocycles. The molecule has 182 valence electrons. The molecular weight excluding hydrogens is 400 g/mol. The van der Waals surface area contributed by atoms with Crippen molar-refractivity contribution in [1.29, 1.82) is 0 Å². The van der Waals surface area contributed by atoms with Gasteiger partial charge in [0.2, 0.25) is 0 Å². The Balaban J connectivity index is 2.69. The maximum absolute atomic E-state index is 12.0. The molecule has 0 atom stereocenters. The third kappa shape index (κ3) is 11.2. The fourth-order valence-corrected chi connectivity index (χ4v) is 4.47. The van der Waals surface area contributed by atoms with E-state index in [2.05, 4.69) is 20.8 Å². The van der Waals surface area contributed by atoms with E-state index in [1.54, 1.807) is 0 Å². The fourth-order valence-electron chi connectivity index (χ4n) is 4.47. The van der Waals surface area contributed by atoms with Crippen molar-refractivity contribution < 1.29 is 19.8 Å². The minimum absolute atomic E-state index is 0.00868. The van der Waals surface area contributed by atoms with Crippen LogP contribution in [0.4, 0.5) is 0 Å². The minimum Gasteiger partial charge on any atom is -0.478 e. The molecule has 1 aromatic carbocycles. The van der Waals surface area contributed by atoms with Gasteiger partial charge in [-0.15, -0.1) is 0 Å². The summed E-state index contributed by atoms with van der Waals surface area (Å²) >= 11 is 0. The van der Waals surface area contributed by atoms with Crippen LogP contribution >= 0.6 is 0 Å². The van der Waals surface area contributed by atoms with Crippen LogP contribution in [-0.4, -0.2) is 22.2 Å². The zero-order chi connectivity index (χ0) is 23.8. The molecule has 0 radical (unpaired) electrons. The number of carboxylic acids is 2. The zero-order valence-corrected chi connectivity index (χ0v) is 20.8. The number of hydrogen-bond donors (Lipinski definition) is 2. The van der Waals surface area contributed by atoms with E-state index in [-0.39, 0.29) is 11.1 Å². The normalized spacial score (nSPS) is 11.2. The van der Waals surface area contributed by atoms with Crippen LogP contribution in [0.2, 0.25) is 0 Å². The Morgan fingerprint density at radius 1 is 0.719 bits per heavy atom. The van der Waals surface area contributed by atoms with E-state index in [0.717, 1.165) is 55.6 Å². The van der Waals surface area contributed by atoms with E-state index in [9.17, 15) is 19.8 Å². The largest absolute Gasteiger partial charge is 0.478 e. The van der Waals surface area contributed by atoms with Gasteiger partial charge in [0.25, 0.3) is 0 Å². The first-order chi connectivity index (χ1) is 15.4. The Morgan fingerprint density at radius 3 is 1.78 bits per heavy atom. The molecule has 0 aliphatic rings. The van der Waals surface area contributed by atoms with Gasteiger partial charge in [0.05, 0.1) is 11.1 Å². The summed E-state index contributed by atoms with van der Waals surface area (Å²) in [6, 6.07) is 3.34. The molecule has 0 heterocycles. The zero-order valence-electron chi connectivity index (χ0n) is 20.8. The van der Waals surface area contributed by atoms with Gasteiger partial charge in [-0.1, -0.05) is 104 Å². The summed E-state index contributed by atoms with van der Waals surface area (Å²) in [6.07, 6.45) is 18.2. The quantitative estimate of drug-likeness (QED) is 0.210. The number of unbranched alkanes of at least 4 members (excludes halogenated alkanes) is 11. The highest BCUT2D eigenvalue weighted by molar-refractivity contribution is 6.03. The molecule has 0 unspecified atom stereocenters. The first-order valence-electron chi connectivity index (χ1n) is 13.0. The number of benzene rings is 1. The van der Waals surface area contributed by atoms with Crippen molar-refractivity contribution in [3.63, 3.8) is 0 Å². The third-order valence-electron chi connectivity index (χ3n) is 6.36. The second-order valence-corrected chi connectivity index (χ2v) is 9.66. The molecule has 0 aliphatic carbocycles. The minimum atomic E-state index is -1.16. The standard InChI is InChI=1S/C28H46O4/c1-4-5-6-7-8-9-12-15-18-23-20-21-25(27(29)30)26(28(31)32)24(23)19-16-13-10-11-14-17-22(2)3/h20-22H,4-19H2,1-3H3,(H,29,30)(H,31,32). The van der Waals surface area contributed by atoms with Gasteiger partial charge in [0, 0.05) is 0 Å². The molecular formula is C28H46O4. The molecule has 0 amide bonds. The van der Waals surface area contributed by atoms with Crippen LogP contribution in [0, 0.1) is 5.92 Å². The third-order valence-corrected chi connectivity index (χ3v) is 6.36. The summed E-state index contributed by atoms with van der Waals surface area (Å²) in [6.45, 7) is 6.72. The summed E-state index contributed by atoms with van der Waals surface area (Å²) in [7, 11) is 0. The molecule has 32 heavy (non-hydrogen) atoms. The molecule has 0 aliphatic heterocycles. The molecule has 2 N–H and O–H groups in total. The van der Waals surface area contributed by atoms with Gasteiger partial charge in [-0.05, 0) is 48.8 Å². The van der Waals surface area contributed by atoms with Gasteiger partial charge in [0.1, 0.15) is 0 Å². The van der Waals surface area contributed by atoms with Gasteiger partial charge in [0.15, 0.2) is 0 Å². The van der Waals surface area contributed by atoms with Crippen molar-refractivity contribution in [2.24, 2.45) is 5.92 Å². The lowest BCUT2D eigenvalue weighted by Gasteiger charge is -2.15. The van der Waals surface area contributed by atoms with Crippen LogP contribution < -0.4 is 0 Å². The number of aromatic carboxylic acids is 2. The van der Waals surface area contributed by atoms with Crippen LogP contribution in [0.25, 0.3) is 0 Å². The Labute approximate surface area is 195 Å². The molecule has 0 spiro atoms. The lowest BCUT2D eigenvalue weighted by molar-refractivity contribution is 0.0650. The summed E-state index contributed by atoms with van der Waals surface area (Å²) < 4.78 is 0. The Morgan fingerprint density at radius 2 is 1.25 bits per heavy atom. The van der Waals surface area contributed by atoms with Gasteiger partial charge >= 0.3 is 11.9 Å². The highest BCUT2D eigenvalue weighted by Gasteiger charge is 2.22. The van der Waals surface area contributed by atoms with Gasteiger partial charge in [-0.3, -0.25) is 0 Å². The maximum atomic E-state index is 12.0. The summed E-state index contributed by atoms with van der Waals surface area (Å²) in [5.74, 6) is -1.53. The van der Waals surface area contributed by atoms with Crippen molar-refractivity contribution in [3.8, 4) is 0 Å². The van der Waals surface area contributed by atoms with Crippen molar-refractivity contribution in [2.45, 2.75) is 124 Å². The maximum Gasteiger partial charge on any atom is 0.336 e. The monoisotopic (exact) mass is 446 g/mol. The Kier molecular flexibility index (Phi) is 14.8. The Bertz CT molecular complexity index is 678. The predicted molar refractivity (Wildman–Crippen MR) is 133 cm³/mol. The average Bonchev–Trinajstić information content (AvgIpc) is 2.74. The first kappa shape index (κ1) is 28.2. The number of carboxylic acid groups (broad SMARTS) is 2. The van der Waals surface area contributed by atoms with Crippen molar-refractivity contribution in [1.82, 2.24) is 0 Å². The van der Waals surface area contributed by atoms with E-state index in [4.69, 9.17) is 0 Å². The fraction of sp³-hybridized carbons (Fsp3) is 0.714. The smallest absolute Gasteiger partial charge is 0.336 e. The summed E-state index contributed by atoms with van der Waals surface area (Å²) in [4.78, 5) is 23.6. The van der Waals surface area contributed by atoms with E-state index >= 15 is 0 Å². The molecule has 0 bridgehead atoms. The summed E-state index contributed by atoms with van der Waals surface area (Å²) in [5.41, 5.74) is 1.71. The molecule has 4 nitrogen and oxygen atoms in total. The first-order valence-corrected chi connectivity index (χ1v) is 13.0. The lowest BCUT2D eigenvalue weighted by Crippen LogP contribution is -2.14. The molecule has 1 rings (SSSR count). The molecule has 0 fully saturated rings. The van der Waals surface area contributed by atoms with Crippen LogP contribution in [0.1, 0.15) is 143 Å². The SMILES string of the molecule is CCCCCCCCCCc1ccc(C(=O)O)c(C(=O)O)c1CCCCCCCC(C)C. The van der Waals surface area contributed by atoms with Crippen molar-refractivity contribution >= 4 is 11.9 Å². The highest BCUT2D eigenvalue weighted by Crippen LogP contribution is 2.25. The van der Waals surface area contributed by atoms with E-state index in [1.165, 1.54) is 63.9 Å². The van der Waals surface area contributed by atoms with Crippen molar-refractivity contribution in [2.75, 3.05) is 0 Å². The van der Waals surface area contributed by atoms with E-state index < -0.39 is 11.9 Å². The molecule has 1 aromatic rings. The van der Waals surface area contributed by atoms with Gasteiger partial charge in [-0.2, -0.15) is 0 Å². The number of rotatable bonds is 19. The van der Waals surface area contributed by atoms with Crippen LogP contribution in [0.5, 0.6) is 0 Å². The van der Waals surface area contributed by atoms with E-state index in [0.29, 0.717) is 6.42 Å². The molecule has 0 saturated heterocycles.